The fourth-order valence-electron chi connectivity index (χ4n) is 4.34. The lowest BCUT2D eigenvalue weighted by Gasteiger charge is -2.22. The largest absolute Gasteiger partial charge is 0.483 e. The van der Waals surface area contributed by atoms with Crippen LogP contribution in [0, 0.1) is 11.6 Å². The van der Waals surface area contributed by atoms with Gasteiger partial charge in [-0.15, -0.1) is 0 Å². The van der Waals surface area contributed by atoms with E-state index in [0.717, 1.165) is 16.7 Å². The number of aliphatic hydroxyl groups excluding tert-OH is 1. The normalized spacial score (nSPS) is 11.7. The molecule has 39 heavy (non-hydrogen) atoms. The highest BCUT2D eigenvalue weighted by atomic mass is 19.1. The second kappa shape index (κ2) is 11.8. The van der Waals surface area contributed by atoms with Gasteiger partial charge < -0.3 is 14.4 Å². The number of halogens is 2. The maximum atomic E-state index is 12.6. The van der Waals surface area contributed by atoms with Crippen molar-refractivity contribution in [1.82, 2.24) is 19.3 Å². The van der Waals surface area contributed by atoms with Gasteiger partial charge in [0.15, 0.2) is 11.6 Å². The van der Waals surface area contributed by atoms with Crippen molar-refractivity contribution in [3.63, 3.8) is 0 Å². The molecule has 1 aliphatic rings. The van der Waals surface area contributed by atoms with Gasteiger partial charge in [-0.3, -0.25) is 9.48 Å². The zero-order valence-electron chi connectivity index (χ0n) is 21.0. The van der Waals surface area contributed by atoms with Crippen molar-refractivity contribution in [2.75, 3.05) is 0 Å². The van der Waals surface area contributed by atoms with Crippen LogP contribution in [0.4, 0.5) is 8.78 Å². The quantitative estimate of drug-likeness (QED) is 0.344. The molecule has 0 bridgehead atoms. The first-order chi connectivity index (χ1) is 19.0. The number of aryl methyl sites for hydroxylation is 1. The van der Waals surface area contributed by atoms with Gasteiger partial charge in [0.25, 0.3) is 0 Å². The zero-order valence-corrected chi connectivity index (χ0v) is 21.0. The van der Waals surface area contributed by atoms with Crippen LogP contribution < -0.4 is 10.2 Å². The van der Waals surface area contributed by atoms with Crippen molar-refractivity contribution in [3.05, 3.63) is 135 Å². The van der Waals surface area contributed by atoms with E-state index in [4.69, 9.17) is 4.74 Å². The van der Waals surface area contributed by atoms with E-state index in [1.807, 2.05) is 34.9 Å². The maximum absolute atomic E-state index is 12.6. The van der Waals surface area contributed by atoms with E-state index < -0.39 is 0 Å². The SMILES string of the molecule is Fc1ccc(Cc2ccc(F)cc2)cc1.O=c1cnn2c(c1OCc1ccccc1)-c1ncc(CO)n1CC2. The molecule has 6 rings (SSSR count). The van der Waals surface area contributed by atoms with Gasteiger partial charge in [-0.2, -0.15) is 5.10 Å². The number of hydrogen-bond donors (Lipinski definition) is 1. The molecule has 3 heterocycles. The fourth-order valence-corrected chi connectivity index (χ4v) is 4.34. The van der Waals surface area contributed by atoms with E-state index in [1.54, 1.807) is 35.1 Å². The number of benzene rings is 3. The van der Waals surface area contributed by atoms with Crippen LogP contribution in [0.15, 0.2) is 96.1 Å². The predicted molar refractivity (Wildman–Crippen MR) is 142 cm³/mol. The number of nitrogens with zero attached hydrogens (tertiary/aromatic N) is 4. The number of aliphatic hydroxyl groups is 1. The molecule has 1 N–H and O–H groups in total. The second-order valence-electron chi connectivity index (χ2n) is 9.00. The third kappa shape index (κ3) is 6.10. The Kier molecular flexibility index (Phi) is 7.88. The molecule has 0 atom stereocenters. The molecule has 2 aromatic heterocycles. The zero-order chi connectivity index (χ0) is 27.2. The molecule has 1 aliphatic heterocycles. The predicted octanol–water partition coefficient (Wildman–Crippen LogP) is 4.75. The van der Waals surface area contributed by atoms with Crippen LogP contribution in [0.5, 0.6) is 5.75 Å². The number of ether oxygens (including phenoxy) is 1. The van der Waals surface area contributed by atoms with Crippen LogP contribution in [-0.2, 0) is 32.7 Å². The Balaban J connectivity index is 0.000000177. The van der Waals surface area contributed by atoms with E-state index in [2.05, 4.69) is 10.1 Å². The molecule has 0 amide bonds. The fraction of sp³-hybridized carbons (Fsp3) is 0.167. The minimum atomic E-state index is -0.279. The first-order valence-electron chi connectivity index (χ1n) is 12.4. The van der Waals surface area contributed by atoms with E-state index in [1.165, 1.54) is 30.5 Å². The molecule has 5 aromatic rings. The van der Waals surface area contributed by atoms with Crippen LogP contribution >= 0.6 is 0 Å². The molecule has 3 aromatic carbocycles. The highest BCUT2D eigenvalue weighted by molar-refractivity contribution is 5.61. The lowest BCUT2D eigenvalue weighted by atomic mass is 10.1. The number of aromatic nitrogens is 4. The van der Waals surface area contributed by atoms with Gasteiger partial charge in [0.1, 0.15) is 23.9 Å². The topological polar surface area (TPSA) is 82.2 Å². The van der Waals surface area contributed by atoms with Crippen LogP contribution in [0.1, 0.15) is 22.4 Å². The minimum absolute atomic E-state index is 0.0995. The Bertz CT molecular complexity index is 1560. The summed E-state index contributed by atoms with van der Waals surface area (Å²) in [4.78, 5) is 16.7. The summed E-state index contributed by atoms with van der Waals surface area (Å²) in [6.45, 7) is 1.43. The molecule has 0 fully saturated rings. The lowest BCUT2D eigenvalue weighted by molar-refractivity contribution is 0.267. The van der Waals surface area contributed by atoms with Gasteiger partial charge in [-0.05, 0) is 47.4 Å². The molecular formula is C30H26F2N4O3. The van der Waals surface area contributed by atoms with E-state index >= 15 is 0 Å². The van der Waals surface area contributed by atoms with Crippen molar-refractivity contribution in [3.8, 4) is 17.3 Å². The van der Waals surface area contributed by atoms with E-state index in [-0.39, 0.29) is 29.4 Å². The van der Waals surface area contributed by atoms with Crippen molar-refractivity contribution in [2.45, 2.75) is 32.7 Å². The first kappa shape index (κ1) is 26.0. The molecule has 0 saturated carbocycles. The highest BCUT2D eigenvalue weighted by Gasteiger charge is 2.25. The smallest absolute Gasteiger partial charge is 0.242 e. The standard InChI is InChI=1S/C17H16N4O3.C13H10F2/c22-10-13-8-18-17-15-16(24-11-12-4-2-1-3-5-12)14(23)9-19-21(15)7-6-20(13)17;14-12-5-1-10(2-6-12)9-11-3-7-13(15)8-4-11/h1-5,8-9,22H,6-7,10-11H2;1-8H,9H2. The molecule has 198 valence electrons. The number of rotatable bonds is 6. The summed E-state index contributed by atoms with van der Waals surface area (Å²) in [5.74, 6) is 0.360. The van der Waals surface area contributed by atoms with Crippen molar-refractivity contribution < 1.29 is 18.6 Å². The Hall–Kier alpha value is -4.63. The number of fused-ring (bicyclic) bond motifs is 3. The van der Waals surface area contributed by atoms with Gasteiger partial charge in [-0.25, -0.2) is 13.8 Å². The van der Waals surface area contributed by atoms with Gasteiger partial charge in [0, 0.05) is 6.54 Å². The van der Waals surface area contributed by atoms with Gasteiger partial charge in [0.05, 0.1) is 31.2 Å². The summed E-state index contributed by atoms with van der Waals surface area (Å²) in [6.07, 6.45) is 3.58. The van der Waals surface area contributed by atoms with Crippen molar-refractivity contribution >= 4 is 0 Å². The van der Waals surface area contributed by atoms with Crippen molar-refractivity contribution in [2.24, 2.45) is 0 Å². The number of hydrogen-bond acceptors (Lipinski definition) is 5. The van der Waals surface area contributed by atoms with Gasteiger partial charge >= 0.3 is 0 Å². The molecule has 9 heteroatoms. The Labute approximate surface area is 223 Å². The summed E-state index contributed by atoms with van der Waals surface area (Å²) in [7, 11) is 0. The van der Waals surface area contributed by atoms with Crippen LogP contribution in [0.2, 0.25) is 0 Å². The van der Waals surface area contributed by atoms with Crippen LogP contribution in [0.3, 0.4) is 0 Å². The highest BCUT2D eigenvalue weighted by Crippen LogP contribution is 2.30. The third-order valence-corrected chi connectivity index (χ3v) is 6.32. The minimum Gasteiger partial charge on any atom is -0.483 e. The third-order valence-electron chi connectivity index (χ3n) is 6.32. The monoisotopic (exact) mass is 528 g/mol. The summed E-state index contributed by atoms with van der Waals surface area (Å²) in [5, 5.41) is 13.6. The molecule has 0 aliphatic carbocycles. The Morgan fingerprint density at radius 3 is 2.08 bits per heavy atom. The maximum Gasteiger partial charge on any atom is 0.242 e. The van der Waals surface area contributed by atoms with Crippen LogP contribution in [-0.4, -0.2) is 24.4 Å². The molecular weight excluding hydrogens is 502 g/mol. The van der Waals surface area contributed by atoms with Crippen molar-refractivity contribution in [1.29, 1.82) is 0 Å². The first-order valence-corrected chi connectivity index (χ1v) is 12.4. The molecule has 0 radical (unpaired) electrons. The van der Waals surface area contributed by atoms with Gasteiger partial charge in [0.2, 0.25) is 5.43 Å². The molecule has 0 saturated heterocycles. The molecule has 7 nitrogen and oxygen atoms in total. The van der Waals surface area contributed by atoms with E-state index in [9.17, 15) is 18.7 Å². The average Bonchev–Trinajstić information content (AvgIpc) is 3.39. The van der Waals surface area contributed by atoms with Crippen LogP contribution in [0.25, 0.3) is 11.5 Å². The van der Waals surface area contributed by atoms with Gasteiger partial charge in [-0.1, -0.05) is 54.6 Å². The summed E-state index contributed by atoms with van der Waals surface area (Å²) in [6, 6.07) is 22.3. The number of imidazole rings is 1. The summed E-state index contributed by atoms with van der Waals surface area (Å²) in [5.41, 5.74) is 4.00. The Morgan fingerprint density at radius 2 is 1.46 bits per heavy atom. The Morgan fingerprint density at radius 1 is 0.821 bits per heavy atom. The molecule has 0 spiro atoms. The van der Waals surface area contributed by atoms with E-state index in [0.29, 0.717) is 43.3 Å². The second-order valence-corrected chi connectivity index (χ2v) is 9.00. The summed E-state index contributed by atoms with van der Waals surface area (Å²) < 4.78 is 34.7. The average molecular weight is 529 g/mol. The molecule has 0 unspecified atom stereocenters. The lowest BCUT2D eigenvalue weighted by Crippen LogP contribution is -2.25. The summed E-state index contributed by atoms with van der Waals surface area (Å²) >= 11 is 0.